The van der Waals surface area contributed by atoms with Gasteiger partial charge in [0.05, 0.1) is 37.8 Å². The van der Waals surface area contributed by atoms with Crippen LogP contribution in [0.25, 0.3) is 0 Å². The Labute approximate surface area is 245 Å². The summed E-state index contributed by atoms with van der Waals surface area (Å²) >= 11 is 0. The van der Waals surface area contributed by atoms with Crippen molar-refractivity contribution in [2.45, 2.75) is 0 Å². The molecule has 0 atom stereocenters. The molecule has 0 spiro atoms. The summed E-state index contributed by atoms with van der Waals surface area (Å²) in [6.45, 7) is 0. The molecule has 4 rings (SSSR count). The van der Waals surface area contributed by atoms with Crippen LogP contribution in [0.4, 0.5) is 8.78 Å². The van der Waals surface area contributed by atoms with E-state index >= 15 is 0 Å². The smallest absolute Gasteiger partial charge is 0.577 e. The van der Waals surface area contributed by atoms with E-state index in [2.05, 4.69) is 30.4 Å². The Hall–Kier alpha value is -5.00. The van der Waals surface area contributed by atoms with Crippen molar-refractivity contribution in [1.82, 2.24) is 9.97 Å². The molecule has 4 aromatic rings. The molecule has 41 heavy (non-hydrogen) atoms. The van der Waals surface area contributed by atoms with Gasteiger partial charge in [-0.15, -0.1) is 0 Å². The number of benzene rings is 2. The molecule has 0 amide bonds. The number of ether oxygens (including phenoxy) is 2. The summed E-state index contributed by atoms with van der Waals surface area (Å²) in [6.07, 6.45) is 9.03. The molecule has 0 aliphatic heterocycles. The van der Waals surface area contributed by atoms with Crippen LogP contribution in [0.5, 0.6) is 11.5 Å². The molecule has 2 aromatic carbocycles. The standard InChI is InChI=1S/2C14H12FN3O2.Cu/c2*1-20-13-3-2-10(8-12(13)15)9-17-18-14(19)11-4-6-16-7-5-11;/h2*2-9H,1H3,(H,18,19);/q;;+2/p+2. The van der Waals surface area contributed by atoms with Gasteiger partial charge in [-0.2, -0.15) is 10.2 Å². The number of hydrogen-bond acceptors (Lipinski definition) is 8. The number of halogens is 2. The van der Waals surface area contributed by atoms with E-state index in [1.807, 2.05) is 0 Å². The minimum absolute atomic E-state index is 0. The summed E-state index contributed by atoms with van der Waals surface area (Å²) in [5.74, 6) is -0.580. The molecule has 0 saturated carbocycles. The van der Waals surface area contributed by atoms with Crippen molar-refractivity contribution in [2.75, 3.05) is 14.2 Å². The molecule has 2 aromatic heterocycles. The Bertz CT molecular complexity index is 1410. The normalized spacial score (nSPS) is 11.5. The predicted octanol–water partition coefficient (Wildman–Crippen LogP) is 3.47. The molecule has 0 saturated heterocycles. The van der Waals surface area contributed by atoms with Crippen molar-refractivity contribution < 1.29 is 45.5 Å². The van der Waals surface area contributed by atoms with Crippen molar-refractivity contribution in [3.63, 3.8) is 0 Å². The molecule has 0 aliphatic rings. The van der Waals surface area contributed by atoms with Crippen molar-refractivity contribution in [3.8, 4) is 11.5 Å². The summed E-state index contributed by atoms with van der Waals surface area (Å²) in [5, 5.41) is 30.4. The number of hydrogen-bond donors (Lipinski definition) is 0. The zero-order valence-electron chi connectivity index (χ0n) is 21.8. The van der Waals surface area contributed by atoms with Gasteiger partial charge in [0, 0.05) is 24.8 Å². The van der Waals surface area contributed by atoms with Crippen LogP contribution in [0.1, 0.15) is 22.3 Å². The minimum Gasteiger partial charge on any atom is -0.577 e. The summed E-state index contributed by atoms with van der Waals surface area (Å²) < 4.78 is 36.5. The summed E-state index contributed by atoms with van der Waals surface area (Å²) in [5.41, 5.74) is 2.29. The van der Waals surface area contributed by atoms with Gasteiger partial charge < -0.3 is 19.7 Å². The molecule has 10 nitrogen and oxygen atoms in total. The van der Waals surface area contributed by atoms with Crippen LogP contribution in [0, 0.1) is 11.6 Å². The van der Waals surface area contributed by atoms with Crippen LogP contribution in [0.2, 0.25) is 0 Å². The summed E-state index contributed by atoms with van der Waals surface area (Å²) in [4.78, 5) is 7.70. The molecule has 13 heteroatoms. The van der Waals surface area contributed by atoms with Crippen LogP contribution in [0.3, 0.4) is 0 Å². The van der Waals surface area contributed by atoms with Crippen LogP contribution < -0.4 is 9.47 Å². The number of pyridine rings is 2. The Morgan fingerprint density at radius 2 is 1.02 bits per heavy atom. The second kappa shape index (κ2) is 16.9. The van der Waals surface area contributed by atoms with Gasteiger partial charge in [0.2, 0.25) is 0 Å². The fraction of sp³-hybridized carbons (Fsp3) is 0.0714. The second-order valence-corrected chi connectivity index (χ2v) is 7.65. The molecule has 213 valence electrons. The van der Waals surface area contributed by atoms with Gasteiger partial charge in [0.25, 0.3) is 0 Å². The average Bonchev–Trinajstić information content (AvgIpc) is 2.98. The fourth-order valence-corrected chi connectivity index (χ4v) is 2.97. The first-order valence-corrected chi connectivity index (χ1v) is 11.5. The predicted molar refractivity (Wildman–Crippen MR) is 150 cm³/mol. The van der Waals surface area contributed by atoms with Crippen LogP contribution >= 0.6 is 0 Å². The van der Waals surface area contributed by atoms with Gasteiger partial charge in [-0.05, 0) is 71.8 Å². The van der Waals surface area contributed by atoms with Crippen molar-refractivity contribution in [2.24, 2.45) is 20.4 Å². The molecule has 0 fully saturated rings. The zero-order valence-corrected chi connectivity index (χ0v) is 22.7. The van der Waals surface area contributed by atoms with E-state index in [9.17, 15) is 8.78 Å². The average molecular weight is 612 g/mol. The Balaban J connectivity index is 0.000000280. The maximum Gasteiger partial charge on any atom is 2.00 e. The van der Waals surface area contributed by atoms with Gasteiger partial charge in [0.1, 0.15) is 0 Å². The van der Waals surface area contributed by atoms with E-state index in [4.69, 9.17) is 19.7 Å². The van der Waals surface area contributed by atoms with E-state index in [1.54, 1.807) is 61.2 Å². The maximum absolute atomic E-state index is 13.4. The number of nitrogens with zero attached hydrogens (tertiary/aromatic N) is 6. The van der Waals surface area contributed by atoms with Crippen molar-refractivity contribution in [3.05, 3.63) is 119 Å². The van der Waals surface area contributed by atoms with Gasteiger partial charge >= 0.3 is 28.9 Å². The molecule has 0 bridgehead atoms. The molecule has 1 radical (unpaired) electrons. The zero-order chi connectivity index (χ0) is 28.7. The summed E-state index contributed by atoms with van der Waals surface area (Å²) in [7, 11) is 2.80. The molecule has 0 aliphatic carbocycles. The van der Waals surface area contributed by atoms with Crippen LogP contribution in [-0.2, 0) is 17.1 Å². The third kappa shape index (κ3) is 10.2. The van der Waals surface area contributed by atoms with E-state index in [1.165, 1.54) is 50.9 Å². The number of methoxy groups -OCH3 is 2. The first-order valence-electron chi connectivity index (χ1n) is 11.5. The van der Waals surface area contributed by atoms with Crippen molar-refractivity contribution in [1.29, 1.82) is 0 Å². The molecular formula is C28H26CuF2N6O4+4. The SMILES string of the molecule is COc1ccc(C=NN=C([OH2+])c2ccncc2)cc1F.COc1ccc(C=NN=C([OH2+])c2ccncc2)cc1F.[Cu+2]. The third-order valence-corrected chi connectivity index (χ3v) is 4.99. The Kier molecular flexibility index (Phi) is 13.2. The first-order chi connectivity index (χ1) is 19.4. The van der Waals surface area contributed by atoms with Gasteiger partial charge in [0.15, 0.2) is 23.1 Å². The van der Waals surface area contributed by atoms with Gasteiger partial charge in [-0.1, -0.05) is 10.2 Å². The molecule has 0 unspecified atom stereocenters. The Morgan fingerprint density at radius 3 is 1.34 bits per heavy atom. The van der Waals surface area contributed by atoms with Gasteiger partial charge in [-0.3, -0.25) is 9.97 Å². The van der Waals surface area contributed by atoms with E-state index in [-0.39, 0.29) is 40.4 Å². The molecule has 2 heterocycles. The second-order valence-electron chi connectivity index (χ2n) is 7.65. The monoisotopic (exact) mass is 611 g/mol. The first kappa shape index (κ1) is 32.2. The molecular weight excluding hydrogens is 586 g/mol. The summed E-state index contributed by atoms with van der Waals surface area (Å²) in [6, 6.07) is 15.5. The van der Waals surface area contributed by atoms with E-state index in [0.29, 0.717) is 22.3 Å². The third-order valence-electron chi connectivity index (χ3n) is 4.99. The molecule has 4 N–H and O–H groups in total. The minimum atomic E-state index is -0.472. The maximum atomic E-state index is 13.4. The van der Waals surface area contributed by atoms with Gasteiger partial charge in [-0.25, -0.2) is 8.78 Å². The van der Waals surface area contributed by atoms with Crippen LogP contribution in [-0.4, -0.2) is 58.6 Å². The Morgan fingerprint density at radius 1 is 0.659 bits per heavy atom. The number of rotatable bonds is 8. The largest absolute Gasteiger partial charge is 2.00 e. The van der Waals surface area contributed by atoms with Crippen molar-refractivity contribution >= 4 is 24.2 Å². The van der Waals surface area contributed by atoms with Crippen LogP contribution in [0.15, 0.2) is 106 Å². The quantitative estimate of drug-likeness (QED) is 0.0989. The van der Waals surface area contributed by atoms with E-state index in [0.717, 1.165) is 0 Å². The fourth-order valence-electron chi connectivity index (χ4n) is 2.97. The number of aromatic nitrogens is 2. The van der Waals surface area contributed by atoms with E-state index < -0.39 is 11.6 Å². The topological polar surface area (TPSA) is 139 Å².